The van der Waals surface area contributed by atoms with Crippen molar-refractivity contribution >= 4 is 11.3 Å². The van der Waals surface area contributed by atoms with Crippen LogP contribution in [-0.4, -0.2) is 6.54 Å². The van der Waals surface area contributed by atoms with Crippen LogP contribution in [0, 0.1) is 0 Å². The lowest BCUT2D eigenvalue weighted by Crippen LogP contribution is -2.22. The summed E-state index contributed by atoms with van der Waals surface area (Å²) in [6.45, 7) is 4.60. The Morgan fingerprint density at radius 2 is 2.06 bits per heavy atom. The van der Waals surface area contributed by atoms with E-state index < -0.39 is 0 Å². The van der Waals surface area contributed by atoms with Crippen LogP contribution >= 0.6 is 11.3 Å². The van der Waals surface area contributed by atoms with Gasteiger partial charge in [-0.15, -0.1) is 6.58 Å². The molecule has 1 heterocycles. The molecule has 0 radical (unpaired) electrons. The maximum absolute atomic E-state index is 3.76. The molecule has 1 aromatic carbocycles. The smallest absolute Gasteiger partial charge is 0.0371 e. The monoisotopic (exact) mass is 243 g/mol. The first kappa shape index (κ1) is 12.1. The molecule has 0 aliphatic heterocycles. The third-order valence-corrected chi connectivity index (χ3v) is 3.44. The predicted octanol–water partition coefficient (Wildman–Crippen LogP) is 3.81. The summed E-state index contributed by atoms with van der Waals surface area (Å²) < 4.78 is 0. The van der Waals surface area contributed by atoms with E-state index in [0.29, 0.717) is 6.04 Å². The first-order valence-electron chi connectivity index (χ1n) is 5.80. The van der Waals surface area contributed by atoms with Gasteiger partial charge in [0, 0.05) is 12.6 Å². The van der Waals surface area contributed by atoms with Crippen molar-refractivity contribution in [2.45, 2.75) is 12.5 Å². The van der Waals surface area contributed by atoms with Gasteiger partial charge >= 0.3 is 0 Å². The van der Waals surface area contributed by atoms with E-state index in [1.807, 2.05) is 6.08 Å². The molecule has 0 spiro atoms. The van der Waals surface area contributed by atoms with Crippen LogP contribution in [0.15, 0.2) is 59.8 Å². The van der Waals surface area contributed by atoms with Gasteiger partial charge in [-0.3, -0.25) is 0 Å². The van der Waals surface area contributed by atoms with E-state index in [2.05, 4.69) is 59.1 Å². The van der Waals surface area contributed by atoms with Crippen molar-refractivity contribution in [3.05, 3.63) is 70.9 Å². The Labute approximate surface area is 107 Å². The number of nitrogens with one attached hydrogen (secondary N) is 1. The summed E-state index contributed by atoms with van der Waals surface area (Å²) in [6.07, 6.45) is 2.93. The van der Waals surface area contributed by atoms with Crippen molar-refractivity contribution in [3.8, 4) is 0 Å². The molecule has 1 aromatic heterocycles. The maximum Gasteiger partial charge on any atom is 0.0371 e. The average Bonchev–Trinajstić information content (AvgIpc) is 2.89. The molecule has 2 aromatic rings. The molecule has 17 heavy (non-hydrogen) atoms. The van der Waals surface area contributed by atoms with Gasteiger partial charge in [-0.05, 0) is 34.4 Å². The maximum atomic E-state index is 3.76. The van der Waals surface area contributed by atoms with Crippen molar-refractivity contribution in [2.75, 3.05) is 6.54 Å². The Balaban J connectivity index is 2.08. The summed E-state index contributed by atoms with van der Waals surface area (Å²) in [6, 6.07) is 13.2. The highest BCUT2D eigenvalue weighted by atomic mass is 32.1. The minimum absolute atomic E-state index is 0.377. The lowest BCUT2D eigenvalue weighted by Gasteiger charge is -2.17. The number of thiophene rings is 1. The molecular formula is C15H17NS. The molecule has 0 amide bonds. The minimum atomic E-state index is 0.377. The van der Waals surface area contributed by atoms with Crippen LogP contribution in [0.3, 0.4) is 0 Å². The lowest BCUT2D eigenvalue weighted by molar-refractivity contribution is 0.566. The van der Waals surface area contributed by atoms with Crippen molar-refractivity contribution in [3.63, 3.8) is 0 Å². The Morgan fingerprint density at radius 3 is 2.71 bits per heavy atom. The lowest BCUT2D eigenvalue weighted by atomic mass is 10.0. The number of rotatable bonds is 6. The minimum Gasteiger partial charge on any atom is -0.306 e. The highest BCUT2D eigenvalue weighted by Crippen LogP contribution is 2.20. The fourth-order valence-corrected chi connectivity index (χ4v) is 2.57. The Bertz CT molecular complexity index is 433. The SMILES string of the molecule is C=CCNC(Cc1ccccc1)c1ccsc1. The molecule has 0 saturated carbocycles. The molecule has 0 aliphatic carbocycles. The van der Waals surface area contributed by atoms with E-state index in [9.17, 15) is 0 Å². The summed E-state index contributed by atoms with van der Waals surface area (Å²) in [7, 11) is 0. The van der Waals surface area contributed by atoms with Crippen LogP contribution in [0.5, 0.6) is 0 Å². The second kappa shape index (κ2) is 6.38. The third kappa shape index (κ3) is 3.55. The van der Waals surface area contributed by atoms with Gasteiger partial charge < -0.3 is 5.32 Å². The molecule has 0 saturated heterocycles. The normalized spacial score (nSPS) is 12.2. The van der Waals surface area contributed by atoms with Crippen molar-refractivity contribution < 1.29 is 0 Å². The van der Waals surface area contributed by atoms with Crippen LogP contribution in [0.2, 0.25) is 0 Å². The topological polar surface area (TPSA) is 12.0 Å². The first-order valence-corrected chi connectivity index (χ1v) is 6.74. The number of hydrogen-bond donors (Lipinski definition) is 1. The van der Waals surface area contributed by atoms with Gasteiger partial charge in [0.1, 0.15) is 0 Å². The van der Waals surface area contributed by atoms with E-state index in [1.54, 1.807) is 11.3 Å². The van der Waals surface area contributed by atoms with Gasteiger partial charge in [0.25, 0.3) is 0 Å². The van der Waals surface area contributed by atoms with Crippen molar-refractivity contribution in [1.82, 2.24) is 5.32 Å². The highest BCUT2D eigenvalue weighted by molar-refractivity contribution is 7.07. The van der Waals surface area contributed by atoms with Gasteiger partial charge in [-0.1, -0.05) is 36.4 Å². The zero-order valence-corrected chi connectivity index (χ0v) is 10.6. The van der Waals surface area contributed by atoms with Crippen LogP contribution in [0.25, 0.3) is 0 Å². The molecule has 0 fully saturated rings. The summed E-state index contributed by atoms with van der Waals surface area (Å²) in [5.74, 6) is 0. The molecule has 0 bridgehead atoms. The molecule has 0 aliphatic rings. The average molecular weight is 243 g/mol. The quantitative estimate of drug-likeness (QED) is 0.761. The van der Waals surface area contributed by atoms with E-state index in [1.165, 1.54) is 11.1 Å². The Morgan fingerprint density at radius 1 is 1.24 bits per heavy atom. The van der Waals surface area contributed by atoms with E-state index in [4.69, 9.17) is 0 Å². The fraction of sp³-hybridized carbons (Fsp3) is 0.200. The van der Waals surface area contributed by atoms with Crippen LogP contribution in [0.1, 0.15) is 17.2 Å². The zero-order chi connectivity index (χ0) is 11.9. The Kier molecular flexibility index (Phi) is 4.54. The van der Waals surface area contributed by atoms with Crippen molar-refractivity contribution in [2.24, 2.45) is 0 Å². The summed E-state index contributed by atoms with van der Waals surface area (Å²) >= 11 is 1.75. The molecule has 2 heteroatoms. The molecular weight excluding hydrogens is 226 g/mol. The van der Waals surface area contributed by atoms with Gasteiger partial charge in [-0.25, -0.2) is 0 Å². The molecule has 1 unspecified atom stereocenters. The summed E-state index contributed by atoms with van der Waals surface area (Å²) in [4.78, 5) is 0. The second-order valence-corrected chi connectivity index (χ2v) is 4.78. The number of benzene rings is 1. The van der Waals surface area contributed by atoms with E-state index in [-0.39, 0.29) is 0 Å². The molecule has 88 valence electrons. The number of hydrogen-bond acceptors (Lipinski definition) is 2. The standard InChI is InChI=1S/C15H17NS/c1-2-9-16-15(14-8-10-17-12-14)11-13-6-4-3-5-7-13/h2-8,10,12,15-16H,1,9,11H2. The van der Waals surface area contributed by atoms with Gasteiger partial charge in [-0.2, -0.15) is 11.3 Å². The first-order chi connectivity index (χ1) is 8.40. The van der Waals surface area contributed by atoms with Gasteiger partial charge in [0.2, 0.25) is 0 Å². The van der Waals surface area contributed by atoms with Gasteiger partial charge in [0.15, 0.2) is 0 Å². The largest absolute Gasteiger partial charge is 0.306 e. The zero-order valence-electron chi connectivity index (χ0n) is 9.80. The van der Waals surface area contributed by atoms with Crippen LogP contribution in [-0.2, 0) is 6.42 Å². The van der Waals surface area contributed by atoms with Gasteiger partial charge in [0.05, 0.1) is 0 Å². The molecule has 1 nitrogen and oxygen atoms in total. The fourth-order valence-electron chi connectivity index (χ4n) is 1.86. The van der Waals surface area contributed by atoms with E-state index >= 15 is 0 Å². The van der Waals surface area contributed by atoms with Crippen LogP contribution in [0.4, 0.5) is 0 Å². The summed E-state index contributed by atoms with van der Waals surface area (Å²) in [5, 5.41) is 7.85. The van der Waals surface area contributed by atoms with E-state index in [0.717, 1.165) is 13.0 Å². The van der Waals surface area contributed by atoms with Crippen molar-refractivity contribution in [1.29, 1.82) is 0 Å². The Hall–Kier alpha value is -1.38. The third-order valence-electron chi connectivity index (χ3n) is 2.74. The van der Waals surface area contributed by atoms with Crippen LogP contribution < -0.4 is 5.32 Å². The molecule has 1 atom stereocenters. The summed E-state index contributed by atoms with van der Waals surface area (Å²) in [5.41, 5.74) is 2.72. The molecule has 1 N–H and O–H groups in total. The second-order valence-electron chi connectivity index (χ2n) is 4.00. The molecule has 2 rings (SSSR count). The highest BCUT2D eigenvalue weighted by Gasteiger charge is 2.11. The predicted molar refractivity (Wildman–Crippen MR) is 75.4 cm³/mol.